The minimum Gasteiger partial charge on any atom is -0.460 e. The van der Waals surface area contributed by atoms with Gasteiger partial charge in [-0.3, -0.25) is 19.2 Å². The summed E-state index contributed by atoms with van der Waals surface area (Å²) in [4.78, 5) is 71.8. The maximum atomic E-state index is 14.4. The summed E-state index contributed by atoms with van der Waals surface area (Å²) in [5.74, 6) is -7.96. The van der Waals surface area contributed by atoms with Crippen LogP contribution in [-0.4, -0.2) is 132 Å². The normalized spacial score (nSPS) is 39.1. The van der Waals surface area contributed by atoms with Crippen molar-refractivity contribution in [2.75, 3.05) is 27.9 Å². The lowest BCUT2D eigenvalue weighted by atomic mass is 9.78. The number of allylic oxidation sites excluding steroid dienone is 6. The summed E-state index contributed by atoms with van der Waals surface area (Å²) in [6, 6.07) is -1.14. The van der Waals surface area contributed by atoms with Gasteiger partial charge in [-0.1, -0.05) is 71.1 Å². The molecule has 3 fully saturated rings. The predicted molar refractivity (Wildman–Crippen MR) is 245 cm³/mol. The molecule has 1 aliphatic carbocycles. The van der Waals surface area contributed by atoms with E-state index in [0.29, 0.717) is 63.4 Å². The SMILES string of the molecule is CO[C@H]1C[C@@H]2CC[C@@H](C)[C@](O)(O2)C(=O)C(=O)N2CCCC[C@@H]2C(=O)O[C@H]([C@H](C)C[C@@H]2CC[C@@H](O)[C@H](OC)C2)CC(=O)[C@@H](C)/C=C(/C)[C@@H](O)[C@@H](OC)C(=O)[C@H](C)C[C@H](C)/C=C/C=CC=C1C. The van der Waals surface area contributed by atoms with E-state index in [-0.39, 0.29) is 54.8 Å². The number of amides is 1. The fourth-order valence-corrected chi connectivity index (χ4v) is 10.1. The first-order valence-corrected chi connectivity index (χ1v) is 23.9. The number of hydrogen-bond donors (Lipinski definition) is 3. The fourth-order valence-electron chi connectivity index (χ4n) is 10.1. The van der Waals surface area contributed by atoms with Crippen molar-refractivity contribution >= 4 is 29.2 Å². The van der Waals surface area contributed by atoms with Crippen molar-refractivity contribution < 1.29 is 63.0 Å². The number of piperidine rings is 1. The molecule has 3 aliphatic heterocycles. The molecule has 0 radical (unpaired) electrons. The Morgan fingerprint density at radius 3 is 2.25 bits per heavy atom. The molecule has 65 heavy (non-hydrogen) atoms. The van der Waals surface area contributed by atoms with Crippen LogP contribution in [0.3, 0.4) is 0 Å². The molecule has 1 saturated carbocycles. The summed E-state index contributed by atoms with van der Waals surface area (Å²) < 4.78 is 29.4. The van der Waals surface area contributed by atoms with E-state index in [2.05, 4.69) is 0 Å². The molecule has 14 nitrogen and oxygen atoms in total. The highest BCUT2D eigenvalue weighted by Crippen LogP contribution is 2.38. The summed E-state index contributed by atoms with van der Waals surface area (Å²) in [6.07, 6.45) is 11.2. The number of aliphatic hydroxyl groups excluding tert-OH is 2. The number of Topliss-reactive ketones (excluding diaryl/α,β-unsaturated/α-hetero) is 3. The van der Waals surface area contributed by atoms with Gasteiger partial charge in [-0.05, 0) is 107 Å². The van der Waals surface area contributed by atoms with Gasteiger partial charge in [0.2, 0.25) is 5.79 Å². The molecule has 4 rings (SSSR count). The molecule has 0 aromatic rings. The van der Waals surface area contributed by atoms with E-state index in [1.165, 1.54) is 12.0 Å². The molecule has 3 N–H and O–H groups in total. The van der Waals surface area contributed by atoms with Crippen molar-refractivity contribution in [1.29, 1.82) is 0 Å². The highest BCUT2D eigenvalue weighted by atomic mass is 16.6. The highest BCUT2D eigenvalue weighted by Gasteiger charge is 2.53. The van der Waals surface area contributed by atoms with Gasteiger partial charge in [0, 0.05) is 58.5 Å². The Morgan fingerprint density at radius 1 is 0.846 bits per heavy atom. The lowest BCUT2D eigenvalue weighted by Crippen LogP contribution is -2.61. The molecular formula is C51H79NO13. The first-order valence-electron chi connectivity index (χ1n) is 23.9. The first kappa shape index (κ1) is 54.2. The van der Waals surface area contributed by atoms with Crippen molar-refractivity contribution in [2.45, 2.75) is 180 Å². The number of rotatable bonds is 6. The van der Waals surface area contributed by atoms with Crippen LogP contribution in [0, 0.1) is 35.5 Å². The number of esters is 1. The molecule has 4 aliphatic rings. The van der Waals surface area contributed by atoms with Crippen LogP contribution < -0.4 is 0 Å². The van der Waals surface area contributed by atoms with Crippen molar-refractivity contribution in [2.24, 2.45) is 35.5 Å². The number of cyclic esters (lactones) is 1. The first-order chi connectivity index (χ1) is 30.7. The number of hydrogen-bond acceptors (Lipinski definition) is 13. The Balaban J connectivity index is 1.70. The lowest BCUT2D eigenvalue weighted by Gasteiger charge is -2.42. The number of ketones is 3. The van der Waals surface area contributed by atoms with Crippen molar-refractivity contribution in [3.63, 3.8) is 0 Å². The second-order valence-electron chi connectivity index (χ2n) is 19.6. The Bertz CT molecular complexity index is 1760. The van der Waals surface area contributed by atoms with Crippen LogP contribution in [0.2, 0.25) is 0 Å². The van der Waals surface area contributed by atoms with Gasteiger partial charge in [-0.2, -0.15) is 0 Å². The maximum absolute atomic E-state index is 14.4. The van der Waals surface area contributed by atoms with Crippen molar-refractivity contribution in [3.05, 3.63) is 47.6 Å². The topological polar surface area (TPSA) is 195 Å². The summed E-state index contributed by atoms with van der Waals surface area (Å²) in [6.45, 7) is 12.7. The van der Waals surface area contributed by atoms with Gasteiger partial charge < -0.3 is 43.9 Å². The third-order valence-corrected chi connectivity index (χ3v) is 14.5. The molecule has 0 unspecified atom stereocenters. The Morgan fingerprint density at radius 2 is 1.57 bits per heavy atom. The maximum Gasteiger partial charge on any atom is 0.329 e. The summed E-state index contributed by atoms with van der Waals surface area (Å²) in [5.41, 5.74) is 1.27. The van der Waals surface area contributed by atoms with E-state index in [1.807, 2.05) is 58.1 Å². The Hall–Kier alpha value is -3.37. The molecule has 1 amide bonds. The third kappa shape index (κ3) is 14.3. The van der Waals surface area contributed by atoms with E-state index in [1.54, 1.807) is 41.1 Å². The molecule has 0 aromatic heterocycles. The average molecular weight is 914 g/mol. The van der Waals surface area contributed by atoms with Gasteiger partial charge in [0.15, 0.2) is 5.78 Å². The van der Waals surface area contributed by atoms with Crippen LogP contribution in [0.25, 0.3) is 0 Å². The van der Waals surface area contributed by atoms with Gasteiger partial charge in [0.05, 0.1) is 24.4 Å². The number of carbonyl (C=O) groups is 5. The number of fused-ring (bicyclic) bond motifs is 3. The van der Waals surface area contributed by atoms with Crippen LogP contribution in [0.4, 0.5) is 0 Å². The standard InChI is InChI=1S/C51H79NO13/c1-30-16-12-11-13-17-31(2)42(61-8)28-38-21-19-36(7)51(60,65-38)48(57)49(58)52-23-15-14-18-39(52)50(59)64-43(33(4)26-37-20-22-40(53)44(27-37)62-9)29-41(54)32(3)25-35(6)46(56)47(63-10)45(55)34(5)24-30/h11-13,16-17,25,30,32-34,36-40,42-44,46-47,53,56,60H,14-15,18-24,26-29H2,1-10H3/b13-11?,16-12+,31-17?,35-25-/t30-,32+,33-,34-,36-,37+,38+,39-,40-,42+,43+,44-,46-,47+,51+/m1/s1. The van der Waals surface area contributed by atoms with Crippen LogP contribution >= 0.6 is 0 Å². The van der Waals surface area contributed by atoms with Crippen LogP contribution in [0.1, 0.15) is 126 Å². The second-order valence-corrected chi connectivity index (χ2v) is 19.6. The molecule has 366 valence electrons. The number of aliphatic hydroxyl groups is 3. The molecule has 3 heterocycles. The molecule has 2 saturated heterocycles. The molecule has 0 spiro atoms. The molecular weight excluding hydrogens is 835 g/mol. The summed E-state index contributed by atoms with van der Waals surface area (Å²) in [7, 11) is 4.52. The zero-order valence-electron chi connectivity index (χ0n) is 40.6. The van der Waals surface area contributed by atoms with Crippen LogP contribution in [-0.2, 0) is 47.7 Å². The van der Waals surface area contributed by atoms with Crippen LogP contribution in [0.5, 0.6) is 0 Å². The van der Waals surface area contributed by atoms with E-state index in [4.69, 9.17) is 23.7 Å². The predicted octanol–water partition coefficient (Wildman–Crippen LogP) is 6.18. The monoisotopic (exact) mass is 914 g/mol. The molecule has 15 atom stereocenters. The Kier molecular flexibility index (Phi) is 21.0. The van der Waals surface area contributed by atoms with Gasteiger partial charge >= 0.3 is 5.97 Å². The third-order valence-electron chi connectivity index (χ3n) is 14.5. The molecule has 2 bridgehead atoms. The second kappa shape index (κ2) is 25.1. The average Bonchev–Trinajstić information content (AvgIpc) is 3.28. The zero-order chi connectivity index (χ0) is 48.2. The lowest BCUT2D eigenvalue weighted by molar-refractivity contribution is -0.265. The van der Waals surface area contributed by atoms with E-state index in [0.717, 1.165) is 12.0 Å². The van der Waals surface area contributed by atoms with Gasteiger partial charge in [0.25, 0.3) is 11.7 Å². The summed E-state index contributed by atoms with van der Waals surface area (Å²) in [5, 5.41) is 33.8. The Labute approximate surface area is 387 Å². The van der Waals surface area contributed by atoms with Crippen molar-refractivity contribution in [1.82, 2.24) is 4.90 Å². The van der Waals surface area contributed by atoms with Gasteiger partial charge in [-0.15, -0.1) is 0 Å². The van der Waals surface area contributed by atoms with E-state index < -0.39 is 83.9 Å². The van der Waals surface area contributed by atoms with Crippen LogP contribution in [0.15, 0.2) is 47.6 Å². The van der Waals surface area contributed by atoms with E-state index >= 15 is 0 Å². The minimum absolute atomic E-state index is 0.0193. The number of ether oxygens (including phenoxy) is 5. The zero-order valence-corrected chi connectivity index (χ0v) is 40.6. The number of nitrogens with zero attached hydrogens (tertiary/aromatic N) is 1. The molecule has 0 aromatic carbocycles. The van der Waals surface area contributed by atoms with Gasteiger partial charge in [0.1, 0.15) is 30.1 Å². The smallest absolute Gasteiger partial charge is 0.329 e. The fraction of sp³-hybridized carbons (Fsp3) is 0.745. The molecule has 14 heteroatoms. The van der Waals surface area contributed by atoms with E-state index in [9.17, 15) is 39.3 Å². The number of methoxy groups -OCH3 is 3. The largest absolute Gasteiger partial charge is 0.460 e. The number of carbonyl (C=O) groups excluding carboxylic acids is 5. The van der Waals surface area contributed by atoms with Gasteiger partial charge in [-0.25, -0.2) is 4.79 Å². The summed E-state index contributed by atoms with van der Waals surface area (Å²) >= 11 is 0. The highest BCUT2D eigenvalue weighted by molar-refractivity contribution is 6.39. The van der Waals surface area contributed by atoms with Crippen molar-refractivity contribution in [3.8, 4) is 0 Å². The minimum atomic E-state index is -2.43. The quantitative estimate of drug-likeness (QED) is 0.156.